The van der Waals surface area contributed by atoms with E-state index in [1.165, 1.54) is 30.1 Å². The molecule has 5 atom stereocenters. The molecule has 0 spiro atoms. The van der Waals surface area contributed by atoms with Crippen molar-refractivity contribution in [3.05, 3.63) is 0 Å². The third kappa shape index (κ3) is 2.17. The summed E-state index contributed by atoms with van der Waals surface area (Å²) in [6.45, 7) is 2.08. The Morgan fingerprint density at radius 3 is 2.88 bits per heavy atom. The first kappa shape index (κ1) is 14.7. The highest BCUT2D eigenvalue weighted by molar-refractivity contribution is 14.1. The smallest absolute Gasteiger partial charge is 0.184 e. The van der Waals surface area contributed by atoms with E-state index in [0.29, 0.717) is 18.8 Å². The number of alkyl halides is 1. The molecule has 17 heavy (non-hydrogen) atoms. The van der Waals surface area contributed by atoms with Crippen LogP contribution in [-0.2, 0) is 4.74 Å². The van der Waals surface area contributed by atoms with Crippen LogP contribution in [0.3, 0.4) is 0 Å². The van der Waals surface area contributed by atoms with Crippen molar-refractivity contribution in [1.82, 2.24) is 0 Å². The molecule has 0 amide bonds. The highest BCUT2D eigenvalue weighted by Gasteiger charge is 2.62. The molecule has 1 N–H and O–H groups in total. The summed E-state index contributed by atoms with van der Waals surface area (Å²) in [5, 5.41) is 9.37. The number of ether oxygens (including phenoxy) is 1. The van der Waals surface area contributed by atoms with Gasteiger partial charge in [0.2, 0.25) is 0 Å². The maximum absolute atomic E-state index is 9.37. The third-order valence-electron chi connectivity index (χ3n) is 5.05. The maximum atomic E-state index is 9.37. The van der Waals surface area contributed by atoms with E-state index in [1.807, 2.05) is 0 Å². The quantitative estimate of drug-likeness (QED) is 0.314. The Kier molecular flexibility index (Phi) is 5.00. The van der Waals surface area contributed by atoms with E-state index in [4.69, 9.17) is 4.74 Å². The second-order valence-corrected chi connectivity index (χ2v) is 6.49. The van der Waals surface area contributed by atoms with Crippen molar-refractivity contribution >= 4 is 22.6 Å². The van der Waals surface area contributed by atoms with Crippen molar-refractivity contribution in [2.75, 3.05) is 24.3 Å². The first-order valence-electron chi connectivity index (χ1n) is 6.46. The number of quaternary nitrogens is 1. The van der Waals surface area contributed by atoms with E-state index in [2.05, 4.69) is 22.6 Å². The van der Waals surface area contributed by atoms with Gasteiger partial charge in [0.05, 0.1) is 11.0 Å². The summed E-state index contributed by atoms with van der Waals surface area (Å²) in [6.07, 6.45) is 5.86. The van der Waals surface area contributed by atoms with E-state index in [1.54, 1.807) is 0 Å². The van der Waals surface area contributed by atoms with Crippen LogP contribution in [-0.4, -0.2) is 52.1 Å². The normalized spacial score (nSPS) is 47.6. The molecule has 0 aromatic carbocycles. The number of rotatable bonds is 3. The number of aliphatic hydroxyl groups is 1. The topological polar surface area (TPSA) is 29.5 Å². The van der Waals surface area contributed by atoms with Crippen molar-refractivity contribution < 1.29 is 38.3 Å². The zero-order valence-corrected chi connectivity index (χ0v) is 14.3. The van der Waals surface area contributed by atoms with Crippen molar-refractivity contribution in [1.29, 1.82) is 0 Å². The van der Waals surface area contributed by atoms with Crippen LogP contribution in [0, 0.1) is 5.92 Å². The summed E-state index contributed by atoms with van der Waals surface area (Å²) >= 11 is 2.52. The molecule has 3 rings (SSSR count). The summed E-state index contributed by atoms with van der Waals surface area (Å²) in [5.41, 5.74) is 0. The second-order valence-electron chi connectivity index (χ2n) is 5.61. The molecule has 2 aliphatic heterocycles. The van der Waals surface area contributed by atoms with Crippen molar-refractivity contribution in [3.63, 3.8) is 0 Å². The molecular formula is C12H21I2NO2. The molecule has 5 heteroatoms. The van der Waals surface area contributed by atoms with Crippen LogP contribution in [0.4, 0.5) is 0 Å². The fraction of sp³-hybridized carbons (Fsp3) is 1.00. The summed E-state index contributed by atoms with van der Waals surface area (Å²) in [4.78, 5) is 0. The molecular weight excluding hydrogens is 444 g/mol. The molecule has 3 fully saturated rings. The Hall–Kier alpha value is 1.34. The van der Waals surface area contributed by atoms with Crippen molar-refractivity contribution in [2.24, 2.45) is 5.92 Å². The van der Waals surface area contributed by atoms with Gasteiger partial charge in [-0.3, -0.25) is 4.48 Å². The molecule has 100 valence electrons. The van der Waals surface area contributed by atoms with E-state index in [9.17, 15) is 5.11 Å². The van der Waals surface area contributed by atoms with Crippen LogP contribution in [0.5, 0.6) is 0 Å². The average Bonchev–Trinajstić information content (AvgIpc) is 2.82. The van der Waals surface area contributed by atoms with Gasteiger partial charge in [-0.05, 0) is 12.8 Å². The molecule has 1 aliphatic carbocycles. The predicted molar refractivity (Wildman–Crippen MR) is 70.4 cm³/mol. The number of halogens is 2. The third-order valence-corrected chi connectivity index (χ3v) is 6.06. The maximum Gasteiger partial charge on any atom is 0.184 e. The summed E-state index contributed by atoms with van der Waals surface area (Å²) < 4.78 is 8.32. The van der Waals surface area contributed by atoms with Gasteiger partial charge >= 0.3 is 0 Å². The Labute approximate surface area is 134 Å². The van der Waals surface area contributed by atoms with Crippen molar-refractivity contribution in [3.8, 4) is 0 Å². The Morgan fingerprint density at radius 1 is 1.35 bits per heavy atom. The standard InChI is InChI=1S/C12H21INO2.HI/c13-7-10-6-9-2-1-3-11-12(9)14(10,4-5-15)8-16-11;/h9-12,15H,1-8H2;1H/q+1;/p-1. The fourth-order valence-corrected chi connectivity index (χ4v) is 5.57. The number of aliphatic hydroxyl groups excluding tert-OH is 1. The second kappa shape index (κ2) is 5.76. The first-order chi connectivity index (χ1) is 7.81. The summed E-state index contributed by atoms with van der Waals surface area (Å²) in [7, 11) is 0. The van der Waals surface area contributed by atoms with Gasteiger partial charge in [0.1, 0.15) is 24.7 Å². The molecule has 3 aliphatic rings. The predicted octanol–water partition coefficient (Wildman–Crippen LogP) is -1.47. The number of nitrogens with zero attached hydrogens (tertiary/aromatic N) is 1. The highest BCUT2D eigenvalue weighted by Crippen LogP contribution is 2.49. The van der Waals surface area contributed by atoms with Gasteiger partial charge in [-0.1, -0.05) is 29.0 Å². The molecule has 2 heterocycles. The van der Waals surface area contributed by atoms with Crippen LogP contribution >= 0.6 is 22.6 Å². The van der Waals surface area contributed by atoms with E-state index in [0.717, 1.165) is 29.7 Å². The molecule has 0 bridgehead atoms. The molecule has 0 aromatic rings. The lowest BCUT2D eigenvalue weighted by Crippen LogP contribution is -3.00. The van der Waals surface area contributed by atoms with Gasteiger partial charge < -0.3 is 33.8 Å². The monoisotopic (exact) mass is 465 g/mol. The molecule has 3 nitrogen and oxygen atoms in total. The van der Waals surface area contributed by atoms with E-state index in [-0.39, 0.29) is 24.0 Å². The van der Waals surface area contributed by atoms with Crippen LogP contribution in [0.15, 0.2) is 0 Å². The van der Waals surface area contributed by atoms with Crippen molar-refractivity contribution in [2.45, 2.75) is 43.9 Å². The largest absolute Gasteiger partial charge is 1.00 e. The highest BCUT2D eigenvalue weighted by atomic mass is 127. The molecule has 2 saturated heterocycles. The Balaban J connectivity index is 0.00000108. The number of hydrogen-bond donors (Lipinski definition) is 1. The van der Waals surface area contributed by atoms with Gasteiger partial charge in [-0.25, -0.2) is 0 Å². The lowest BCUT2D eigenvalue weighted by atomic mass is 9.83. The fourth-order valence-electron chi connectivity index (χ4n) is 4.43. The minimum absolute atomic E-state index is 0. The lowest BCUT2D eigenvalue weighted by molar-refractivity contribution is -0.956. The van der Waals surface area contributed by atoms with Gasteiger partial charge in [0.15, 0.2) is 6.73 Å². The minimum Gasteiger partial charge on any atom is -1.00 e. The summed E-state index contributed by atoms with van der Waals surface area (Å²) in [5.74, 6) is 0.868. The van der Waals surface area contributed by atoms with Gasteiger partial charge in [0, 0.05) is 12.3 Å². The first-order valence-corrected chi connectivity index (χ1v) is 7.99. The number of hydrogen-bond acceptors (Lipinski definition) is 2. The molecule has 0 aromatic heterocycles. The minimum atomic E-state index is 0. The molecule has 5 unspecified atom stereocenters. The average molecular weight is 465 g/mol. The van der Waals surface area contributed by atoms with Crippen LogP contribution < -0.4 is 24.0 Å². The zero-order valence-electron chi connectivity index (χ0n) is 10.0. The van der Waals surface area contributed by atoms with E-state index < -0.39 is 0 Å². The summed E-state index contributed by atoms with van der Waals surface area (Å²) in [6, 6.07) is 1.44. The Bertz CT molecular complexity index is 279. The molecule has 0 radical (unpaired) electrons. The lowest BCUT2D eigenvalue weighted by Gasteiger charge is -2.40. The van der Waals surface area contributed by atoms with Crippen LogP contribution in [0.1, 0.15) is 25.7 Å². The Morgan fingerprint density at radius 2 is 2.18 bits per heavy atom. The van der Waals surface area contributed by atoms with Crippen LogP contribution in [0.25, 0.3) is 0 Å². The van der Waals surface area contributed by atoms with E-state index >= 15 is 0 Å². The van der Waals surface area contributed by atoms with Gasteiger partial charge in [-0.15, -0.1) is 0 Å². The van der Waals surface area contributed by atoms with Crippen LogP contribution in [0.2, 0.25) is 0 Å². The zero-order chi connectivity index (χ0) is 11.2. The van der Waals surface area contributed by atoms with Gasteiger partial charge in [-0.2, -0.15) is 0 Å². The molecule has 1 saturated carbocycles. The van der Waals surface area contributed by atoms with Gasteiger partial charge in [0.25, 0.3) is 0 Å². The SMILES string of the molecule is OCC[N+]12COC3CCCC(CC1CI)C32.[I-].